The molecule has 1 aromatic carbocycles. The fraction of sp³-hybridized carbons (Fsp3) is 0.625. The van der Waals surface area contributed by atoms with Crippen LogP contribution in [0.4, 0.5) is 0 Å². The maximum atomic E-state index is 9.92. The molecule has 1 aliphatic rings. The quantitative estimate of drug-likeness (QED) is 0.837. The van der Waals surface area contributed by atoms with Crippen LogP contribution in [0.5, 0.6) is 11.5 Å². The van der Waals surface area contributed by atoms with Crippen molar-refractivity contribution in [2.75, 3.05) is 20.8 Å². The van der Waals surface area contributed by atoms with Crippen LogP contribution in [-0.4, -0.2) is 38.0 Å². The Balaban J connectivity index is 1.84. The van der Waals surface area contributed by atoms with E-state index < -0.39 is 0 Å². The van der Waals surface area contributed by atoms with Crippen LogP contribution in [0.3, 0.4) is 0 Å². The number of ether oxygens (including phenoxy) is 2. The van der Waals surface area contributed by atoms with Crippen LogP contribution in [-0.2, 0) is 6.42 Å². The number of hydrogen-bond donors (Lipinski definition) is 2. The Hall–Kier alpha value is -1.26. The molecule has 0 aromatic heterocycles. The summed E-state index contributed by atoms with van der Waals surface area (Å²) in [6.45, 7) is 0.872. The van der Waals surface area contributed by atoms with Gasteiger partial charge in [-0.3, -0.25) is 0 Å². The van der Waals surface area contributed by atoms with Crippen molar-refractivity contribution in [3.8, 4) is 11.5 Å². The molecule has 2 N–H and O–H groups in total. The summed E-state index contributed by atoms with van der Waals surface area (Å²) in [5.74, 6) is 1.52. The van der Waals surface area contributed by atoms with Gasteiger partial charge >= 0.3 is 0 Å². The molecule has 112 valence electrons. The molecule has 4 heteroatoms. The molecule has 0 heterocycles. The highest BCUT2D eigenvalue weighted by molar-refractivity contribution is 5.42. The van der Waals surface area contributed by atoms with Gasteiger partial charge in [-0.15, -0.1) is 0 Å². The fourth-order valence-corrected chi connectivity index (χ4v) is 2.79. The lowest BCUT2D eigenvalue weighted by atomic mass is 9.92. The molecule has 2 rings (SSSR count). The Kier molecular flexibility index (Phi) is 5.68. The third kappa shape index (κ3) is 3.87. The minimum atomic E-state index is -0.186. The van der Waals surface area contributed by atoms with Gasteiger partial charge < -0.3 is 19.9 Å². The fourth-order valence-electron chi connectivity index (χ4n) is 2.79. The van der Waals surface area contributed by atoms with Gasteiger partial charge in [-0.1, -0.05) is 18.9 Å². The lowest BCUT2D eigenvalue weighted by Crippen LogP contribution is -2.42. The summed E-state index contributed by atoms with van der Waals surface area (Å²) >= 11 is 0. The maximum Gasteiger partial charge on any atom is 0.160 e. The van der Waals surface area contributed by atoms with E-state index in [4.69, 9.17) is 9.47 Å². The second-order valence-electron chi connectivity index (χ2n) is 5.35. The highest BCUT2D eigenvalue weighted by Crippen LogP contribution is 2.27. The Morgan fingerprint density at radius 2 is 1.90 bits per heavy atom. The van der Waals surface area contributed by atoms with Crippen molar-refractivity contribution in [3.63, 3.8) is 0 Å². The monoisotopic (exact) mass is 279 g/mol. The first-order valence-electron chi connectivity index (χ1n) is 7.37. The normalized spacial score (nSPS) is 22.6. The predicted octanol–water partition coefficient (Wildman–Crippen LogP) is 2.14. The van der Waals surface area contributed by atoms with Gasteiger partial charge in [0.25, 0.3) is 0 Å². The van der Waals surface area contributed by atoms with E-state index in [0.29, 0.717) is 0 Å². The number of methoxy groups -OCH3 is 2. The molecule has 0 spiro atoms. The molecular weight excluding hydrogens is 254 g/mol. The summed E-state index contributed by atoms with van der Waals surface area (Å²) < 4.78 is 10.5. The number of aliphatic hydroxyl groups excluding tert-OH is 1. The molecule has 2 atom stereocenters. The Morgan fingerprint density at radius 1 is 1.15 bits per heavy atom. The van der Waals surface area contributed by atoms with Crippen molar-refractivity contribution in [2.24, 2.45) is 0 Å². The maximum absolute atomic E-state index is 9.92. The molecule has 0 saturated heterocycles. The summed E-state index contributed by atoms with van der Waals surface area (Å²) in [6.07, 6.45) is 5.10. The standard InChI is InChI=1S/C16H25NO3/c1-19-15-8-7-12(11-16(15)20-2)9-10-17-13-5-3-4-6-14(13)18/h7-8,11,13-14,17-18H,3-6,9-10H2,1-2H3/t13-,14-/m0/s1. The minimum absolute atomic E-state index is 0.186. The topological polar surface area (TPSA) is 50.7 Å². The number of nitrogens with one attached hydrogen (secondary N) is 1. The first-order chi connectivity index (χ1) is 9.74. The van der Waals surface area contributed by atoms with Gasteiger partial charge in [0.15, 0.2) is 11.5 Å². The molecule has 20 heavy (non-hydrogen) atoms. The van der Waals surface area contributed by atoms with Crippen LogP contribution < -0.4 is 14.8 Å². The lowest BCUT2D eigenvalue weighted by molar-refractivity contribution is 0.0914. The minimum Gasteiger partial charge on any atom is -0.493 e. The lowest BCUT2D eigenvalue weighted by Gasteiger charge is -2.28. The van der Waals surface area contributed by atoms with Crippen LogP contribution >= 0.6 is 0 Å². The second kappa shape index (κ2) is 7.50. The molecule has 0 aliphatic heterocycles. The van der Waals surface area contributed by atoms with Crippen LogP contribution in [0.1, 0.15) is 31.2 Å². The highest BCUT2D eigenvalue weighted by Gasteiger charge is 2.21. The largest absolute Gasteiger partial charge is 0.493 e. The highest BCUT2D eigenvalue weighted by atomic mass is 16.5. The van der Waals surface area contributed by atoms with Crippen molar-refractivity contribution >= 4 is 0 Å². The third-order valence-corrected chi connectivity index (χ3v) is 4.00. The van der Waals surface area contributed by atoms with Gasteiger partial charge in [0.2, 0.25) is 0 Å². The first kappa shape index (κ1) is 15.1. The number of rotatable bonds is 6. The Morgan fingerprint density at radius 3 is 2.60 bits per heavy atom. The molecule has 1 fully saturated rings. The van der Waals surface area contributed by atoms with E-state index in [1.807, 2.05) is 12.1 Å². The molecule has 1 aliphatic carbocycles. The molecular formula is C16H25NO3. The van der Waals surface area contributed by atoms with Crippen LogP contribution in [0, 0.1) is 0 Å². The van der Waals surface area contributed by atoms with E-state index in [-0.39, 0.29) is 12.1 Å². The number of benzene rings is 1. The average Bonchev–Trinajstić information content (AvgIpc) is 2.49. The molecule has 1 aromatic rings. The molecule has 0 amide bonds. The first-order valence-corrected chi connectivity index (χ1v) is 7.37. The van der Waals surface area contributed by atoms with Crippen LogP contribution in [0.15, 0.2) is 18.2 Å². The summed E-state index contributed by atoms with van der Waals surface area (Å²) in [7, 11) is 3.29. The molecule has 0 unspecified atom stereocenters. The van der Waals surface area contributed by atoms with E-state index >= 15 is 0 Å². The van der Waals surface area contributed by atoms with Gasteiger partial charge in [-0.25, -0.2) is 0 Å². The predicted molar refractivity (Wildman–Crippen MR) is 79.5 cm³/mol. The SMILES string of the molecule is COc1ccc(CCN[C@H]2CCCC[C@@H]2O)cc1OC. The average molecular weight is 279 g/mol. The Bertz CT molecular complexity index is 422. The van der Waals surface area contributed by atoms with Gasteiger partial charge in [-0.05, 0) is 43.5 Å². The Labute approximate surface area is 121 Å². The summed E-state index contributed by atoms with van der Waals surface area (Å²) in [5.41, 5.74) is 1.21. The van der Waals surface area contributed by atoms with Crippen LogP contribution in [0.2, 0.25) is 0 Å². The van der Waals surface area contributed by atoms with E-state index in [1.54, 1.807) is 14.2 Å². The van der Waals surface area contributed by atoms with Crippen LogP contribution in [0.25, 0.3) is 0 Å². The van der Waals surface area contributed by atoms with Crippen molar-refractivity contribution in [1.29, 1.82) is 0 Å². The zero-order chi connectivity index (χ0) is 14.4. The van der Waals surface area contributed by atoms with Crippen molar-refractivity contribution in [2.45, 2.75) is 44.2 Å². The van der Waals surface area contributed by atoms with Gasteiger partial charge in [-0.2, -0.15) is 0 Å². The third-order valence-electron chi connectivity index (χ3n) is 4.00. The van der Waals surface area contributed by atoms with Crippen molar-refractivity contribution in [3.05, 3.63) is 23.8 Å². The zero-order valence-electron chi connectivity index (χ0n) is 12.4. The smallest absolute Gasteiger partial charge is 0.160 e. The number of aliphatic hydroxyl groups is 1. The van der Waals surface area contributed by atoms with Gasteiger partial charge in [0.05, 0.1) is 20.3 Å². The molecule has 0 bridgehead atoms. The van der Waals surface area contributed by atoms with Gasteiger partial charge in [0.1, 0.15) is 0 Å². The van der Waals surface area contributed by atoms with E-state index in [1.165, 1.54) is 12.0 Å². The molecule has 4 nitrogen and oxygen atoms in total. The number of hydrogen-bond acceptors (Lipinski definition) is 4. The van der Waals surface area contributed by atoms with Crippen molar-refractivity contribution in [1.82, 2.24) is 5.32 Å². The van der Waals surface area contributed by atoms with Gasteiger partial charge in [0, 0.05) is 6.04 Å². The van der Waals surface area contributed by atoms with E-state index in [9.17, 15) is 5.11 Å². The zero-order valence-corrected chi connectivity index (χ0v) is 12.4. The van der Waals surface area contributed by atoms with E-state index in [2.05, 4.69) is 11.4 Å². The van der Waals surface area contributed by atoms with E-state index in [0.717, 1.165) is 43.7 Å². The molecule has 0 radical (unpaired) electrons. The second-order valence-corrected chi connectivity index (χ2v) is 5.35. The van der Waals surface area contributed by atoms with Crippen molar-refractivity contribution < 1.29 is 14.6 Å². The molecule has 1 saturated carbocycles. The summed E-state index contributed by atoms with van der Waals surface area (Å²) in [5, 5.41) is 13.4. The summed E-state index contributed by atoms with van der Waals surface area (Å²) in [4.78, 5) is 0. The summed E-state index contributed by atoms with van der Waals surface area (Å²) in [6, 6.07) is 6.26.